The molecule has 2 rings (SSSR count). The summed E-state index contributed by atoms with van der Waals surface area (Å²) in [7, 11) is 0. The van der Waals surface area contributed by atoms with E-state index in [0.29, 0.717) is 18.5 Å². The molecule has 0 aliphatic rings. The van der Waals surface area contributed by atoms with E-state index in [0.717, 1.165) is 5.56 Å². The quantitative estimate of drug-likeness (QED) is 0.819. The van der Waals surface area contributed by atoms with Crippen LogP contribution in [-0.4, -0.2) is 20.7 Å². The van der Waals surface area contributed by atoms with E-state index >= 15 is 0 Å². The summed E-state index contributed by atoms with van der Waals surface area (Å²) in [4.78, 5) is 11.9. The van der Waals surface area contributed by atoms with Gasteiger partial charge in [-0.15, -0.1) is 0 Å². The van der Waals surface area contributed by atoms with E-state index in [4.69, 9.17) is 0 Å². The molecule has 88 valence electrons. The number of carbonyl (C=O) groups is 1. The zero-order valence-electron chi connectivity index (χ0n) is 9.63. The minimum Gasteiger partial charge on any atom is -0.507 e. The molecule has 1 aromatic carbocycles. The fraction of sp³-hybridized carbons (Fsp3) is 0.231. The number of benzene rings is 1. The molecule has 0 spiro atoms. The van der Waals surface area contributed by atoms with Crippen LogP contribution in [0.4, 0.5) is 0 Å². The van der Waals surface area contributed by atoms with Gasteiger partial charge in [-0.1, -0.05) is 11.6 Å². The molecule has 0 radical (unpaired) electrons. The van der Waals surface area contributed by atoms with Gasteiger partial charge in [-0.2, -0.15) is 5.10 Å². The lowest BCUT2D eigenvalue weighted by molar-refractivity contribution is 0.0973. The van der Waals surface area contributed by atoms with Crippen LogP contribution >= 0.6 is 0 Å². The Kier molecular flexibility index (Phi) is 3.23. The van der Waals surface area contributed by atoms with Crippen LogP contribution in [-0.2, 0) is 6.54 Å². The molecule has 1 heterocycles. The van der Waals surface area contributed by atoms with Crippen molar-refractivity contribution < 1.29 is 9.90 Å². The number of aromatic nitrogens is 2. The largest absolute Gasteiger partial charge is 0.507 e. The maximum absolute atomic E-state index is 11.9. The van der Waals surface area contributed by atoms with Gasteiger partial charge in [-0.3, -0.25) is 9.48 Å². The number of rotatable bonds is 4. The molecule has 0 amide bonds. The van der Waals surface area contributed by atoms with Crippen molar-refractivity contribution in [2.75, 3.05) is 0 Å². The minimum atomic E-state index is -0.0679. The first-order valence-corrected chi connectivity index (χ1v) is 5.47. The van der Waals surface area contributed by atoms with E-state index in [1.807, 2.05) is 19.2 Å². The lowest BCUT2D eigenvalue weighted by Crippen LogP contribution is -2.06. The van der Waals surface area contributed by atoms with E-state index in [1.54, 1.807) is 29.1 Å². The maximum atomic E-state index is 11.9. The van der Waals surface area contributed by atoms with Crippen LogP contribution in [0.5, 0.6) is 5.75 Å². The zero-order chi connectivity index (χ0) is 12.3. The normalized spacial score (nSPS) is 10.4. The van der Waals surface area contributed by atoms with Crippen LogP contribution < -0.4 is 0 Å². The predicted octanol–water partition coefficient (Wildman–Crippen LogP) is 2.17. The first-order chi connectivity index (χ1) is 8.16. The van der Waals surface area contributed by atoms with Gasteiger partial charge in [-0.05, 0) is 25.1 Å². The third-order valence-electron chi connectivity index (χ3n) is 2.58. The highest BCUT2D eigenvalue weighted by molar-refractivity contribution is 5.98. The number of carbonyl (C=O) groups excluding carboxylic acids is 1. The average Bonchev–Trinajstić information content (AvgIpc) is 2.82. The molecule has 4 heteroatoms. The Balaban J connectivity index is 2.07. The summed E-state index contributed by atoms with van der Waals surface area (Å²) in [5.74, 6) is -0.0252. The van der Waals surface area contributed by atoms with Gasteiger partial charge in [0.05, 0.1) is 5.56 Å². The zero-order valence-corrected chi connectivity index (χ0v) is 9.63. The second kappa shape index (κ2) is 4.82. The first-order valence-electron chi connectivity index (χ1n) is 5.47. The first kappa shape index (κ1) is 11.4. The molecule has 4 nitrogen and oxygen atoms in total. The monoisotopic (exact) mass is 230 g/mol. The van der Waals surface area contributed by atoms with Crippen LogP contribution in [0.2, 0.25) is 0 Å². The molecule has 0 unspecified atom stereocenters. The number of phenols is 1. The molecule has 0 aliphatic heterocycles. The fourth-order valence-corrected chi connectivity index (χ4v) is 1.66. The average molecular weight is 230 g/mol. The van der Waals surface area contributed by atoms with Gasteiger partial charge in [0, 0.05) is 25.4 Å². The molecule has 1 N–H and O–H groups in total. The van der Waals surface area contributed by atoms with Gasteiger partial charge in [0.15, 0.2) is 5.78 Å². The Morgan fingerprint density at radius 3 is 3.00 bits per heavy atom. The summed E-state index contributed by atoms with van der Waals surface area (Å²) in [6, 6.07) is 6.85. The van der Waals surface area contributed by atoms with Crippen LogP contribution in [0.15, 0.2) is 36.7 Å². The molecule has 0 saturated heterocycles. The van der Waals surface area contributed by atoms with Crippen LogP contribution in [0.1, 0.15) is 22.3 Å². The molecule has 0 bridgehead atoms. The topological polar surface area (TPSA) is 55.1 Å². The van der Waals surface area contributed by atoms with Crippen molar-refractivity contribution in [1.82, 2.24) is 9.78 Å². The number of hydrogen-bond acceptors (Lipinski definition) is 3. The van der Waals surface area contributed by atoms with E-state index in [1.165, 1.54) is 0 Å². The van der Waals surface area contributed by atoms with E-state index in [-0.39, 0.29) is 11.5 Å². The van der Waals surface area contributed by atoms with Crippen molar-refractivity contribution in [3.8, 4) is 5.75 Å². The third kappa shape index (κ3) is 2.72. The van der Waals surface area contributed by atoms with Gasteiger partial charge in [-0.25, -0.2) is 0 Å². The maximum Gasteiger partial charge on any atom is 0.168 e. The van der Waals surface area contributed by atoms with E-state index in [9.17, 15) is 9.90 Å². The Hall–Kier alpha value is -2.10. The number of nitrogens with zero attached hydrogens (tertiary/aromatic N) is 2. The molecular weight excluding hydrogens is 216 g/mol. The molecule has 0 aliphatic carbocycles. The van der Waals surface area contributed by atoms with Gasteiger partial charge in [0.2, 0.25) is 0 Å². The van der Waals surface area contributed by atoms with E-state index < -0.39 is 0 Å². The summed E-state index contributed by atoms with van der Waals surface area (Å²) < 4.78 is 1.70. The summed E-state index contributed by atoms with van der Waals surface area (Å²) in [5, 5.41) is 13.6. The predicted molar refractivity (Wildman–Crippen MR) is 64.0 cm³/mol. The summed E-state index contributed by atoms with van der Waals surface area (Å²) in [6.07, 6.45) is 3.82. The van der Waals surface area contributed by atoms with Crippen molar-refractivity contribution in [1.29, 1.82) is 0 Å². The molecular formula is C13H14N2O2. The SMILES string of the molecule is Cc1ccc(O)c(C(=O)CCn2cccn2)c1. The van der Waals surface area contributed by atoms with E-state index in [2.05, 4.69) is 5.10 Å². The molecule has 0 atom stereocenters. The standard InChI is InChI=1S/C13H14N2O2/c1-10-3-4-12(16)11(9-10)13(17)5-8-15-7-2-6-14-15/h2-4,6-7,9,16H,5,8H2,1H3. The summed E-state index contributed by atoms with van der Waals surface area (Å²) >= 11 is 0. The van der Waals surface area contributed by atoms with Crippen LogP contribution in [0, 0.1) is 6.92 Å². The van der Waals surface area contributed by atoms with Crippen molar-refractivity contribution in [2.24, 2.45) is 0 Å². The lowest BCUT2D eigenvalue weighted by Gasteiger charge is -2.05. The number of hydrogen-bond donors (Lipinski definition) is 1. The number of ketones is 1. The Morgan fingerprint density at radius 1 is 1.47 bits per heavy atom. The van der Waals surface area contributed by atoms with Gasteiger partial charge >= 0.3 is 0 Å². The lowest BCUT2D eigenvalue weighted by atomic mass is 10.0. The number of phenolic OH excluding ortho intramolecular Hbond substituents is 1. The van der Waals surface area contributed by atoms with Crippen LogP contribution in [0.25, 0.3) is 0 Å². The van der Waals surface area contributed by atoms with Gasteiger partial charge < -0.3 is 5.11 Å². The Morgan fingerprint density at radius 2 is 2.29 bits per heavy atom. The van der Waals surface area contributed by atoms with Crippen molar-refractivity contribution in [3.63, 3.8) is 0 Å². The molecule has 0 fully saturated rings. The second-order valence-corrected chi connectivity index (χ2v) is 3.96. The van der Waals surface area contributed by atoms with Gasteiger partial charge in [0.1, 0.15) is 5.75 Å². The molecule has 17 heavy (non-hydrogen) atoms. The number of Topliss-reactive ketones (excluding diaryl/α,β-unsaturated/α-hetero) is 1. The van der Waals surface area contributed by atoms with Crippen molar-refractivity contribution in [2.45, 2.75) is 19.9 Å². The Labute approximate surface area is 99.5 Å². The Bertz CT molecular complexity index is 518. The summed E-state index contributed by atoms with van der Waals surface area (Å²) in [5.41, 5.74) is 1.35. The number of aromatic hydroxyl groups is 1. The third-order valence-corrected chi connectivity index (χ3v) is 2.58. The molecule has 1 aromatic heterocycles. The smallest absolute Gasteiger partial charge is 0.168 e. The summed E-state index contributed by atoms with van der Waals surface area (Å²) in [6.45, 7) is 2.42. The second-order valence-electron chi connectivity index (χ2n) is 3.96. The van der Waals surface area contributed by atoms with Crippen molar-refractivity contribution >= 4 is 5.78 Å². The van der Waals surface area contributed by atoms with Crippen LogP contribution in [0.3, 0.4) is 0 Å². The highest BCUT2D eigenvalue weighted by atomic mass is 16.3. The number of aryl methyl sites for hydroxylation is 2. The minimum absolute atomic E-state index is 0.0427. The van der Waals surface area contributed by atoms with Gasteiger partial charge in [0.25, 0.3) is 0 Å². The highest BCUT2D eigenvalue weighted by Crippen LogP contribution is 2.19. The molecule has 0 saturated carbocycles. The van der Waals surface area contributed by atoms with Crippen molar-refractivity contribution in [3.05, 3.63) is 47.8 Å². The molecule has 2 aromatic rings. The fourth-order valence-electron chi connectivity index (χ4n) is 1.66. The highest BCUT2D eigenvalue weighted by Gasteiger charge is 2.11.